The summed E-state index contributed by atoms with van der Waals surface area (Å²) in [6, 6.07) is 8.64. The molecule has 3 N–H and O–H groups in total. The molecule has 0 bridgehead atoms. The van der Waals surface area contributed by atoms with E-state index in [1.807, 2.05) is 17.5 Å². The van der Waals surface area contributed by atoms with Crippen molar-refractivity contribution in [3.05, 3.63) is 41.3 Å². The molecule has 166 valence electrons. The van der Waals surface area contributed by atoms with Crippen LogP contribution in [-0.4, -0.2) is 52.3 Å². The Balaban J connectivity index is 1.69. The maximum absolute atomic E-state index is 12.9. The van der Waals surface area contributed by atoms with Gasteiger partial charge in [-0.2, -0.15) is 4.31 Å². The fourth-order valence-corrected chi connectivity index (χ4v) is 6.01. The number of hydrogen-bond donors (Lipinski definition) is 2. The lowest BCUT2D eigenvalue weighted by Crippen LogP contribution is -2.31. The number of nitrogens with two attached hydrogens (primary N) is 1. The summed E-state index contributed by atoms with van der Waals surface area (Å²) in [5.41, 5.74) is 1.03. The molecule has 2 aromatic heterocycles. The number of carbonyl (C=O) groups is 1. The van der Waals surface area contributed by atoms with Gasteiger partial charge in [-0.25, -0.2) is 13.1 Å². The molecule has 0 saturated carbocycles. The fraction of sp³-hybridized carbons (Fsp3) is 0.316. The van der Waals surface area contributed by atoms with Crippen molar-refractivity contribution in [3.63, 3.8) is 0 Å². The summed E-state index contributed by atoms with van der Waals surface area (Å²) in [7, 11) is -3.63. The normalized spacial score (nSPS) is 11.7. The highest BCUT2D eigenvalue weighted by atomic mass is 32.2. The SMILES string of the molecule is CCN(CC)S(=O)(=O)c1cc(NC(=O)CSc2nnc(-c3cccs3)n2N)ccc1C. The molecule has 12 heteroatoms. The second-order valence-corrected chi connectivity index (χ2v) is 10.4. The van der Waals surface area contributed by atoms with E-state index in [0.29, 0.717) is 35.3 Å². The smallest absolute Gasteiger partial charge is 0.243 e. The molecule has 0 aliphatic carbocycles. The molecular formula is C19H24N6O3S3. The molecule has 3 aromatic rings. The van der Waals surface area contributed by atoms with Crippen molar-refractivity contribution in [2.24, 2.45) is 0 Å². The second kappa shape index (κ2) is 9.81. The summed E-state index contributed by atoms with van der Waals surface area (Å²) >= 11 is 2.64. The largest absolute Gasteiger partial charge is 0.335 e. The molecule has 0 aliphatic rings. The van der Waals surface area contributed by atoms with Gasteiger partial charge in [-0.15, -0.1) is 21.5 Å². The van der Waals surface area contributed by atoms with Gasteiger partial charge in [-0.3, -0.25) is 4.79 Å². The maximum atomic E-state index is 12.9. The van der Waals surface area contributed by atoms with Gasteiger partial charge >= 0.3 is 0 Å². The highest BCUT2D eigenvalue weighted by Crippen LogP contribution is 2.26. The Morgan fingerprint density at radius 3 is 2.65 bits per heavy atom. The molecular weight excluding hydrogens is 456 g/mol. The molecule has 0 atom stereocenters. The summed E-state index contributed by atoms with van der Waals surface area (Å²) in [6.07, 6.45) is 0. The van der Waals surface area contributed by atoms with Crippen molar-refractivity contribution in [1.82, 2.24) is 19.2 Å². The van der Waals surface area contributed by atoms with Gasteiger partial charge in [0.15, 0.2) is 5.82 Å². The van der Waals surface area contributed by atoms with Crippen LogP contribution in [0.15, 0.2) is 45.8 Å². The third-order valence-corrected chi connectivity index (χ3v) is 8.53. The van der Waals surface area contributed by atoms with Crippen LogP contribution in [-0.2, 0) is 14.8 Å². The van der Waals surface area contributed by atoms with Gasteiger partial charge in [0.2, 0.25) is 21.1 Å². The Morgan fingerprint density at radius 1 is 1.26 bits per heavy atom. The standard InChI is InChI=1S/C19H24N6O3S3/c1-4-24(5-2)31(27,28)16-11-14(9-8-13(16)3)21-17(26)12-30-19-23-22-18(25(19)20)15-7-6-10-29-15/h6-11H,4-5,12,20H2,1-3H3,(H,21,26). The lowest BCUT2D eigenvalue weighted by atomic mass is 10.2. The maximum Gasteiger partial charge on any atom is 0.243 e. The van der Waals surface area contributed by atoms with E-state index in [-0.39, 0.29) is 16.6 Å². The Hall–Kier alpha value is -2.41. The summed E-state index contributed by atoms with van der Waals surface area (Å²) in [5, 5.41) is 13.2. The molecule has 1 aromatic carbocycles. The van der Waals surface area contributed by atoms with Gasteiger partial charge < -0.3 is 11.2 Å². The number of sulfonamides is 1. The molecule has 0 unspecified atom stereocenters. The quantitative estimate of drug-likeness (QED) is 0.356. The molecule has 0 radical (unpaired) electrons. The number of thiophene rings is 1. The van der Waals surface area contributed by atoms with Crippen LogP contribution in [0.1, 0.15) is 19.4 Å². The number of amides is 1. The van der Waals surface area contributed by atoms with Crippen LogP contribution in [0.5, 0.6) is 0 Å². The first-order valence-electron chi connectivity index (χ1n) is 9.55. The number of benzene rings is 1. The number of carbonyl (C=O) groups excluding carboxylic acids is 1. The number of nitrogen functional groups attached to an aromatic ring is 1. The van der Waals surface area contributed by atoms with Gasteiger partial charge in [0, 0.05) is 18.8 Å². The number of aryl methyl sites for hydroxylation is 1. The molecule has 9 nitrogen and oxygen atoms in total. The van der Waals surface area contributed by atoms with Crippen molar-refractivity contribution in [2.45, 2.75) is 30.8 Å². The molecule has 0 spiro atoms. The van der Waals surface area contributed by atoms with E-state index in [1.54, 1.807) is 32.9 Å². The zero-order valence-corrected chi connectivity index (χ0v) is 19.9. The fourth-order valence-electron chi connectivity index (χ4n) is 2.93. The van der Waals surface area contributed by atoms with E-state index in [2.05, 4.69) is 15.5 Å². The van der Waals surface area contributed by atoms with Crippen LogP contribution in [0.4, 0.5) is 5.69 Å². The van der Waals surface area contributed by atoms with Crippen LogP contribution >= 0.6 is 23.1 Å². The number of hydrogen-bond acceptors (Lipinski definition) is 8. The van der Waals surface area contributed by atoms with E-state index in [9.17, 15) is 13.2 Å². The summed E-state index contributed by atoms with van der Waals surface area (Å²) in [6.45, 7) is 6.06. The molecule has 0 saturated heterocycles. The number of rotatable bonds is 9. The van der Waals surface area contributed by atoms with Crippen LogP contribution in [0.25, 0.3) is 10.7 Å². The first-order valence-corrected chi connectivity index (χ1v) is 12.9. The minimum Gasteiger partial charge on any atom is -0.335 e. The van der Waals surface area contributed by atoms with Crippen molar-refractivity contribution in [3.8, 4) is 10.7 Å². The van der Waals surface area contributed by atoms with Crippen LogP contribution in [0.2, 0.25) is 0 Å². The number of aromatic nitrogens is 3. The number of nitrogens with one attached hydrogen (secondary N) is 1. The molecule has 2 heterocycles. The lowest BCUT2D eigenvalue weighted by molar-refractivity contribution is -0.113. The summed E-state index contributed by atoms with van der Waals surface area (Å²) in [5.74, 6) is 6.32. The lowest BCUT2D eigenvalue weighted by Gasteiger charge is -2.20. The van der Waals surface area contributed by atoms with Crippen LogP contribution in [0.3, 0.4) is 0 Å². The minimum absolute atomic E-state index is 0.0474. The van der Waals surface area contributed by atoms with Crippen molar-refractivity contribution in [2.75, 3.05) is 30.0 Å². The highest BCUT2D eigenvalue weighted by molar-refractivity contribution is 7.99. The average molecular weight is 481 g/mol. The Kier molecular flexibility index (Phi) is 7.36. The van der Waals surface area contributed by atoms with Gasteiger partial charge in [0.05, 0.1) is 15.5 Å². The Bertz CT molecular complexity index is 1150. The number of nitrogens with zero attached hydrogens (tertiary/aromatic N) is 4. The van der Waals surface area contributed by atoms with Crippen molar-refractivity contribution in [1.29, 1.82) is 0 Å². The molecule has 3 rings (SSSR count). The predicted molar refractivity (Wildman–Crippen MR) is 124 cm³/mol. The summed E-state index contributed by atoms with van der Waals surface area (Å²) < 4.78 is 28.5. The van der Waals surface area contributed by atoms with E-state index < -0.39 is 10.0 Å². The van der Waals surface area contributed by atoms with Gasteiger partial charge in [-0.05, 0) is 36.1 Å². The Labute approximate surface area is 189 Å². The Morgan fingerprint density at radius 2 is 2.00 bits per heavy atom. The first kappa shape index (κ1) is 23.3. The van der Waals surface area contributed by atoms with Gasteiger partial charge in [0.25, 0.3) is 0 Å². The highest BCUT2D eigenvalue weighted by Gasteiger charge is 2.24. The van der Waals surface area contributed by atoms with Crippen LogP contribution < -0.4 is 11.2 Å². The van der Waals surface area contributed by atoms with Crippen molar-refractivity contribution >= 4 is 44.7 Å². The predicted octanol–water partition coefficient (Wildman–Crippen LogP) is 2.79. The number of thioether (sulfide) groups is 1. The topological polar surface area (TPSA) is 123 Å². The van der Waals surface area contributed by atoms with Crippen molar-refractivity contribution < 1.29 is 13.2 Å². The molecule has 0 fully saturated rings. The van der Waals surface area contributed by atoms with E-state index in [0.717, 1.165) is 16.6 Å². The molecule has 0 aliphatic heterocycles. The number of anilines is 1. The third-order valence-electron chi connectivity index (χ3n) is 4.53. The van der Waals surface area contributed by atoms with Crippen LogP contribution in [0, 0.1) is 6.92 Å². The zero-order valence-electron chi connectivity index (χ0n) is 17.4. The van der Waals surface area contributed by atoms with Gasteiger partial charge in [-0.1, -0.05) is 37.7 Å². The monoisotopic (exact) mass is 480 g/mol. The molecule has 1 amide bonds. The average Bonchev–Trinajstić information content (AvgIpc) is 3.38. The van der Waals surface area contributed by atoms with E-state index in [1.165, 1.54) is 26.4 Å². The molecule has 31 heavy (non-hydrogen) atoms. The van der Waals surface area contributed by atoms with E-state index >= 15 is 0 Å². The van der Waals surface area contributed by atoms with Gasteiger partial charge in [0.1, 0.15) is 0 Å². The minimum atomic E-state index is -3.63. The third kappa shape index (κ3) is 5.09. The second-order valence-electron chi connectivity index (χ2n) is 6.56. The zero-order chi connectivity index (χ0) is 22.6. The summed E-state index contributed by atoms with van der Waals surface area (Å²) in [4.78, 5) is 13.5. The van der Waals surface area contributed by atoms with E-state index in [4.69, 9.17) is 5.84 Å². The first-order chi connectivity index (χ1) is 14.8.